The number of ether oxygens (including phenoxy) is 1. The largest absolute Gasteiger partial charge is 0.459 e. The Labute approximate surface area is 192 Å². The Morgan fingerprint density at radius 1 is 1.09 bits per heavy atom. The van der Waals surface area contributed by atoms with Crippen molar-refractivity contribution in [2.45, 2.75) is 30.5 Å². The lowest BCUT2D eigenvalue weighted by Crippen LogP contribution is -2.76. The molecule has 2 heterocycles. The highest BCUT2D eigenvalue weighted by Crippen LogP contribution is 2.37. The monoisotopic (exact) mass is 469 g/mol. The van der Waals surface area contributed by atoms with E-state index in [1.807, 2.05) is 18.2 Å². The Balaban J connectivity index is 1.36. The number of hydrogen-bond donors (Lipinski definition) is 1. The molecule has 0 aliphatic carbocycles. The molecule has 2 aromatic rings. The fourth-order valence-corrected chi connectivity index (χ4v) is 4.93. The molecular formula is C22H19N3O7S. The minimum atomic E-state index is -1.37. The van der Waals surface area contributed by atoms with Crippen LogP contribution in [0.5, 0.6) is 0 Å². The maximum Gasteiger partial charge on any atom is 0.337 e. The standard InChI is InChI=1S/C22H19N3O7S/c26-16-12-33-21-18(23-17(27)10-13-4-2-1-3-5-13)20(28)24(21)19(16)22(29)32-11-14-6-8-15(9-7-14)25(30)31/h1-9,18-19,21H,10-12H2,(H,23,27)/t18?,19?,21-/m0/s1. The van der Waals surface area contributed by atoms with Gasteiger partial charge in [0, 0.05) is 12.1 Å². The van der Waals surface area contributed by atoms with Crippen molar-refractivity contribution in [3.8, 4) is 0 Å². The quantitative estimate of drug-likeness (QED) is 0.210. The molecule has 0 spiro atoms. The third kappa shape index (κ3) is 4.72. The fourth-order valence-electron chi connectivity index (χ4n) is 3.67. The lowest BCUT2D eigenvalue weighted by molar-refractivity contribution is -0.384. The fraction of sp³-hybridized carbons (Fsp3) is 0.273. The summed E-state index contributed by atoms with van der Waals surface area (Å²) in [6.45, 7) is -0.197. The molecular weight excluding hydrogens is 450 g/mol. The second kappa shape index (κ2) is 9.41. The molecule has 2 amide bonds. The topological polar surface area (TPSA) is 136 Å². The van der Waals surface area contributed by atoms with Crippen molar-refractivity contribution in [3.05, 3.63) is 75.8 Å². The Bertz CT molecular complexity index is 1110. The number of ketones is 1. The van der Waals surface area contributed by atoms with E-state index in [1.54, 1.807) is 12.1 Å². The third-order valence-electron chi connectivity index (χ3n) is 5.33. The minimum absolute atomic E-state index is 0.0107. The number of β-lactam (4-membered cyclic amide) rings is 1. The van der Waals surface area contributed by atoms with Gasteiger partial charge in [-0.05, 0) is 23.3 Å². The molecule has 0 radical (unpaired) electrons. The number of nitrogens with one attached hydrogen (secondary N) is 1. The number of nitrogens with zero attached hydrogens (tertiary/aromatic N) is 2. The number of esters is 1. The summed E-state index contributed by atoms with van der Waals surface area (Å²) < 4.78 is 5.21. The summed E-state index contributed by atoms with van der Waals surface area (Å²) >= 11 is 1.19. The van der Waals surface area contributed by atoms with Gasteiger partial charge in [0.15, 0.2) is 11.8 Å². The minimum Gasteiger partial charge on any atom is -0.459 e. The lowest BCUT2D eigenvalue weighted by atomic mass is 10.00. The number of carbonyl (C=O) groups is 4. The van der Waals surface area contributed by atoms with Gasteiger partial charge in [-0.2, -0.15) is 0 Å². The van der Waals surface area contributed by atoms with Gasteiger partial charge < -0.3 is 15.0 Å². The molecule has 10 nitrogen and oxygen atoms in total. The van der Waals surface area contributed by atoms with Gasteiger partial charge in [0.2, 0.25) is 11.8 Å². The predicted octanol–water partition coefficient (Wildman–Crippen LogP) is 1.22. The van der Waals surface area contributed by atoms with Crippen molar-refractivity contribution in [3.63, 3.8) is 0 Å². The first-order valence-corrected chi connectivity index (χ1v) is 11.1. The number of non-ortho nitro benzene ring substituents is 1. The molecule has 0 saturated carbocycles. The highest BCUT2D eigenvalue weighted by Gasteiger charge is 2.58. The number of nitro groups is 1. The van der Waals surface area contributed by atoms with Gasteiger partial charge in [-0.15, -0.1) is 11.8 Å². The number of benzene rings is 2. The first-order valence-electron chi connectivity index (χ1n) is 10.0. The van der Waals surface area contributed by atoms with E-state index in [9.17, 15) is 29.3 Å². The van der Waals surface area contributed by atoms with Crippen molar-refractivity contribution in [1.29, 1.82) is 0 Å². The maximum absolute atomic E-state index is 12.7. The number of rotatable bonds is 7. The van der Waals surface area contributed by atoms with E-state index in [-0.39, 0.29) is 30.4 Å². The molecule has 2 aliphatic rings. The van der Waals surface area contributed by atoms with Crippen LogP contribution in [0.2, 0.25) is 0 Å². The molecule has 3 atom stereocenters. The number of nitro benzene ring substituents is 1. The van der Waals surface area contributed by atoms with Gasteiger partial charge in [-0.3, -0.25) is 24.5 Å². The SMILES string of the molecule is O=C(Cc1ccccc1)NC1C(=O)N2C(C(=O)OCc3ccc([N+](=O)[O-])cc3)C(=O)CS[C@@H]12. The van der Waals surface area contributed by atoms with Crippen molar-refractivity contribution >= 4 is 41.0 Å². The van der Waals surface area contributed by atoms with E-state index in [1.165, 1.54) is 36.0 Å². The van der Waals surface area contributed by atoms with Crippen molar-refractivity contribution in [2.75, 3.05) is 5.75 Å². The molecule has 2 aliphatic heterocycles. The molecule has 1 N–H and O–H groups in total. The van der Waals surface area contributed by atoms with E-state index < -0.39 is 40.0 Å². The zero-order valence-corrected chi connectivity index (χ0v) is 18.0. The van der Waals surface area contributed by atoms with Gasteiger partial charge in [-0.25, -0.2) is 4.79 Å². The van der Waals surface area contributed by atoms with Gasteiger partial charge in [-0.1, -0.05) is 30.3 Å². The second-order valence-electron chi connectivity index (χ2n) is 7.55. The van der Waals surface area contributed by atoms with Gasteiger partial charge >= 0.3 is 5.97 Å². The van der Waals surface area contributed by atoms with Gasteiger partial charge in [0.25, 0.3) is 5.69 Å². The van der Waals surface area contributed by atoms with Crippen LogP contribution in [0.4, 0.5) is 5.69 Å². The summed E-state index contributed by atoms with van der Waals surface area (Å²) in [7, 11) is 0. The highest BCUT2D eigenvalue weighted by molar-refractivity contribution is 8.00. The van der Waals surface area contributed by atoms with Crippen LogP contribution < -0.4 is 5.32 Å². The first kappa shape index (κ1) is 22.5. The van der Waals surface area contributed by atoms with Crippen LogP contribution in [0.25, 0.3) is 0 Å². The Morgan fingerprint density at radius 3 is 2.45 bits per heavy atom. The van der Waals surface area contributed by atoms with Crippen LogP contribution in [0.3, 0.4) is 0 Å². The molecule has 4 rings (SSSR count). The van der Waals surface area contributed by atoms with Crippen molar-refractivity contribution in [1.82, 2.24) is 10.2 Å². The van der Waals surface area contributed by atoms with Crippen molar-refractivity contribution < 1.29 is 28.8 Å². The molecule has 0 bridgehead atoms. The summed E-state index contributed by atoms with van der Waals surface area (Å²) in [5.74, 6) is -2.15. The van der Waals surface area contributed by atoms with Crippen LogP contribution >= 0.6 is 11.8 Å². The maximum atomic E-state index is 12.7. The lowest BCUT2D eigenvalue weighted by Gasteiger charge is -2.51. The van der Waals surface area contributed by atoms with Crippen LogP contribution in [-0.2, 0) is 36.9 Å². The zero-order valence-electron chi connectivity index (χ0n) is 17.2. The Kier molecular flexibility index (Phi) is 6.40. The number of hydrogen-bond acceptors (Lipinski definition) is 8. The second-order valence-corrected chi connectivity index (χ2v) is 8.66. The molecule has 0 aromatic heterocycles. The Morgan fingerprint density at radius 2 is 1.79 bits per heavy atom. The first-order chi connectivity index (χ1) is 15.8. The van der Waals surface area contributed by atoms with Crippen molar-refractivity contribution in [2.24, 2.45) is 0 Å². The molecule has 170 valence electrons. The van der Waals surface area contributed by atoms with Gasteiger partial charge in [0.05, 0.1) is 17.1 Å². The van der Waals surface area contributed by atoms with E-state index in [2.05, 4.69) is 5.32 Å². The summed E-state index contributed by atoms with van der Waals surface area (Å²) in [6.07, 6.45) is 0.113. The van der Waals surface area contributed by atoms with Crippen LogP contribution in [-0.4, -0.2) is 56.6 Å². The molecule has 11 heteroatoms. The predicted molar refractivity (Wildman–Crippen MR) is 117 cm³/mol. The third-order valence-corrected chi connectivity index (χ3v) is 6.63. The summed E-state index contributed by atoms with van der Waals surface area (Å²) in [4.78, 5) is 61.4. The molecule has 2 fully saturated rings. The molecule has 2 unspecified atom stereocenters. The smallest absolute Gasteiger partial charge is 0.337 e. The van der Waals surface area contributed by atoms with Crippen LogP contribution in [0, 0.1) is 10.1 Å². The average molecular weight is 469 g/mol. The number of amides is 2. The van der Waals surface area contributed by atoms with Crippen LogP contribution in [0.15, 0.2) is 54.6 Å². The summed E-state index contributed by atoms with van der Waals surface area (Å²) in [5, 5.41) is 12.9. The summed E-state index contributed by atoms with van der Waals surface area (Å²) in [5.41, 5.74) is 1.21. The highest BCUT2D eigenvalue weighted by atomic mass is 32.2. The molecule has 33 heavy (non-hydrogen) atoms. The Hall–Kier alpha value is -3.73. The van der Waals surface area contributed by atoms with E-state index in [4.69, 9.17) is 4.74 Å². The zero-order chi connectivity index (χ0) is 23.5. The number of thioether (sulfide) groups is 1. The van der Waals surface area contributed by atoms with E-state index in [0.717, 1.165) is 10.5 Å². The summed E-state index contributed by atoms with van der Waals surface area (Å²) in [6, 6.07) is 12.3. The van der Waals surface area contributed by atoms with E-state index >= 15 is 0 Å². The number of fused-ring (bicyclic) bond motifs is 1. The normalized spacial score (nSPS) is 21.6. The molecule has 2 saturated heterocycles. The van der Waals surface area contributed by atoms with E-state index in [0.29, 0.717) is 5.56 Å². The van der Waals surface area contributed by atoms with Gasteiger partial charge in [0.1, 0.15) is 18.0 Å². The molecule has 2 aromatic carbocycles. The number of Topliss-reactive ketones (excluding diaryl/α,β-unsaturated/α-hetero) is 1. The average Bonchev–Trinajstić information content (AvgIpc) is 2.81. The number of carbonyl (C=O) groups excluding carboxylic acids is 4. The van der Waals surface area contributed by atoms with Crippen LogP contribution in [0.1, 0.15) is 11.1 Å².